The molecule has 1 saturated heterocycles. The van der Waals surface area contributed by atoms with Crippen LogP contribution in [-0.2, 0) is 24.9 Å². The standard InChI is InChI=1S/C61H43N3O2.Ir/c65-51(39-50-14-11-35-62-50)40-66-61-22-10-7-19-56(61)49-37-47(54-17-5-3-15-52(54)41-23-27-45(28-24-41)59-33-31-43-12-1-8-20-57(43)63-59)36-48(38-49)55-18-6-4-16-53(55)42-25-29-46(30-26-42)60-34-32-44-13-2-9-21-58(44)64-60;/h1-10,12-13,15-27,29,31-34,36-39H,11,14,35,40H2,(H,62,65);/q-2;+3/p-1. The molecule has 67 heavy (non-hydrogen) atoms. The molecule has 0 radical (unpaired) electrons. The summed E-state index contributed by atoms with van der Waals surface area (Å²) < 4.78 is 6.33. The van der Waals surface area contributed by atoms with Gasteiger partial charge in [-0.15, -0.1) is 66.2 Å². The van der Waals surface area contributed by atoms with Crippen molar-refractivity contribution < 1.29 is 29.6 Å². The number of hydrogen-bond acceptors (Lipinski definition) is 4. The van der Waals surface area contributed by atoms with Crippen LogP contribution >= 0.6 is 0 Å². The smallest absolute Gasteiger partial charge is 0.688 e. The second-order valence-electron chi connectivity index (χ2n) is 16.5. The second kappa shape index (κ2) is 19.4. The molecule has 0 atom stereocenters. The molecule has 0 amide bonds. The van der Waals surface area contributed by atoms with Crippen LogP contribution in [0.5, 0.6) is 5.75 Å². The zero-order chi connectivity index (χ0) is 44.2. The Kier molecular flexibility index (Phi) is 12.5. The summed E-state index contributed by atoms with van der Waals surface area (Å²) in [5.74, 6) is 0.540. The van der Waals surface area contributed by atoms with E-state index in [4.69, 9.17) is 14.7 Å². The first-order valence-corrected chi connectivity index (χ1v) is 22.3. The van der Waals surface area contributed by atoms with E-state index < -0.39 is 0 Å². The predicted octanol–water partition coefficient (Wildman–Crippen LogP) is 15.0. The number of carbonyl (C=O) groups is 1. The minimum atomic E-state index is -0.0961. The zero-order valence-corrected chi connectivity index (χ0v) is 38.8. The molecule has 0 unspecified atom stereocenters. The van der Waals surface area contributed by atoms with E-state index in [2.05, 4.69) is 163 Å². The van der Waals surface area contributed by atoms with Crippen LogP contribution in [0.3, 0.4) is 0 Å². The normalized spacial score (nSPS) is 12.7. The maximum atomic E-state index is 13.1. The Morgan fingerprint density at radius 1 is 0.522 bits per heavy atom. The fourth-order valence-corrected chi connectivity index (χ4v) is 8.89. The molecule has 6 heteroatoms. The molecule has 2 aromatic heterocycles. The maximum Gasteiger partial charge on any atom is 3.00 e. The average Bonchev–Trinajstić information content (AvgIpc) is 3.91. The number of carbonyl (C=O) groups excluding carboxylic acids is 1. The van der Waals surface area contributed by atoms with E-state index in [-0.39, 0.29) is 32.5 Å². The van der Waals surface area contributed by atoms with Crippen LogP contribution in [-0.4, -0.2) is 28.9 Å². The fraction of sp³-hybridized carbons (Fsp3) is 0.0656. The van der Waals surface area contributed by atoms with Gasteiger partial charge in [0.2, 0.25) is 0 Å². The molecule has 3 heterocycles. The second-order valence-corrected chi connectivity index (χ2v) is 16.5. The molecule has 1 aliphatic heterocycles. The van der Waals surface area contributed by atoms with Gasteiger partial charge in [0.05, 0.1) is 11.0 Å². The molecule has 0 bridgehead atoms. The van der Waals surface area contributed by atoms with Gasteiger partial charge >= 0.3 is 20.1 Å². The van der Waals surface area contributed by atoms with Gasteiger partial charge in [0.15, 0.2) is 12.4 Å². The molecule has 0 N–H and O–H groups in total. The van der Waals surface area contributed by atoms with Crippen molar-refractivity contribution in [3.05, 3.63) is 229 Å². The van der Waals surface area contributed by atoms with Gasteiger partial charge in [0.1, 0.15) is 5.75 Å². The van der Waals surface area contributed by atoms with Crippen molar-refractivity contribution in [3.63, 3.8) is 0 Å². The summed E-state index contributed by atoms with van der Waals surface area (Å²) in [7, 11) is 0. The van der Waals surface area contributed by atoms with E-state index in [0.717, 1.165) is 125 Å². The van der Waals surface area contributed by atoms with Gasteiger partial charge in [-0.1, -0.05) is 162 Å². The Balaban J connectivity index is 0.00000525. The van der Waals surface area contributed by atoms with Crippen LogP contribution < -0.4 is 4.74 Å². The van der Waals surface area contributed by atoms with Crippen molar-refractivity contribution in [1.82, 2.24) is 9.97 Å². The number of ketones is 1. The van der Waals surface area contributed by atoms with Gasteiger partial charge in [-0.3, -0.25) is 14.8 Å². The van der Waals surface area contributed by atoms with Crippen LogP contribution in [0.4, 0.5) is 0 Å². The zero-order valence-electron chi connectivity index (χ0n) is 36.4. The largest absolute Gasteiger partial charge is 3.00 e. The molecular formula is C61H42IrN3O2. The topological polar surface area (TPSA) is 66.2 Å². The predicted molar refractivity (Wildman–Crippen MR) is 269 cm³/mol. The average molecular weight is 1040 g/mol. The van der Waals surface area contributed by atoms with Crippen molar-refractivity contribution in [2.45, 2.75) is 12.8 Å². The fourth-order valence-electron chi connectivity index (χ4n) is 8.89. The number of fused-ring (bicyclic) bond motifs is 2. The first kappa shape index (κ1) is 43.1. The van der Waals surface area contributed by atoms with Crippen LogP contribution in [0.2, 0.25) is 0 Å². The summed E-state index contributed by atoms with van der Waals surface area (Å²) in [5.41, 5.74) is 16.7. The van der Waals surface area contributed by atoms with Gasteiger partial charge in [0, 0.05) is 5.56 Å². The Morgan fingerprint density at radius 2 is 0.985 bits per heavy atom. The van der Waals surface area contributed by atoms with Crippen molar-refractivity contribution in [2.24, 2.45) is 0 Å². The SMILES string of the molecule is O=C(/C=C1/CCC[N-]1)COc1ccccc1-c1cc(-c2ccccc2-c2c[c-]c(-c3ccc4ccccc4n3)cc2)cc(-c2ccccc2-c2c[c-]c(-c3ccc4ccccc4n3)cc2)c1.[Ir+3]. The van der Waals surface area contributed by atoms with E-state index in [1.54, 1.807) is 6.08 Å². The third kappa shape index (κ3) is 9.23. The summed E-state index contributed by atoms with van der Waals surface area (Å²) in [4.78, 5) is 22.9. The maximum absolute atomic E-state index is 13.1. The first-order valence-electron chi connectivity index (χ1n) is 22.3. The van der Waals surface area contributed by atoms with E-state index >= 15 is 0 Å². The van der Waals surface area contributed by atoms with Crippen molar-refractivity contribution in [3.8, 4) is 83.9 Å². The number of rotatable bonds is 11. The third-order valence-electron chi connectivity index (χ3n) is 12.2. The third-order valence-corrected chi connectivity index (χ3v) is 12.2. The van der Waals surface area contributed by atoms with E-state index in [0.29, 0.717) is 5.75 Å². The van der Waals surface area contributed by atoms with Crippen LogP contribution in [0.25, 0.3) is 105 Å². The van der Waals surface area contributed by atoms with Crippen LogP contribution in [0.1, 0.15) is 12.8 Å². The molecule has 322 valence electrons. The van der Waals surface area contributed by atoms with Crippen molar-refractivity contribution >= 4 is 27.6 Å². The van der Waals surface area contributed by atoms with Crippen LogP contribution in [0, 0.1) is 12.1 Å². The van der Waals surface area contributed by atoms with E-state index in [1.165, 1.54) is 0 Å². The van der Waals surface area contributed by atoms with Gasteiger partial charge in [-0.2, -0.15) is 5.70 Å². The van der Waals surface area contributed by atoms with Gasteiger partial charge in [-0.05, 0) is 92.5 Å². The number of aromatic nitrogens is 2. The minimum Gasteiger partial charge on any atom is -0.688 e. The molecule has 0 spiro atoms. The molecule has 8 aromatic carbocycles. The van der Waals surface area contributed by atoms with Crippen molar-refractivity contribution in [1.29, 1.82) is 0 Å². The molecule has 5 nitrogen and oxygen atoms in total. The van der Waals surface area contributed by atoms with Gasteiger partial charge in [-0.25, -0.2) is 0 Å². The number of nitrogens with zero attached hydrogens (tertiary/aromatic N) is 3. The molecule has 0 aliphatic carbocycles. The van der Waals surface area contributed by atoms with Gasteiger partial charge < -0.3 is 10.1 Å². The van der Waals surface area contributed by atoms with Crippen LogP contribution in [0.15, 0.2) is 212 Å². The van der Waals surface area contributed by atoms with Gasteiger partial charge in [0.25, 0.3) is 0 Å². The number of hydrogen-bond donors (Lipinski definition) is 0. The van der Waals surface area contributed by atoms with Crippen molar-refractivity contribution in [2.75, 3.05) is 13.2 Å². The van der Waals surface area contributed by atoms with E-state index in [9.17, 15) is 4.79 Å². The molecule has 1 fully saturated rings. The number of ether oxygens (including phenoxy) is 1. The number of allylic oxidation sites excluding steroid dienone is 1. The number of pyridine rings is 2. The first-order chi connectivity index (χ1) is 32.6. The molecule has 1 aliphatic rings. The number of benzene rings is 8. The molecular weight excluding hydrogens is 999 g/mol. The summed E-state index contributed by atoms with van der Waals surface area (Å²) in [6, 6.07) is 76.1. The summed E-state index contributed by atoms with van der Waals surface area (Å²) >= 11 is 0. The summed E-state index contributed by atoms with van der Waals surface area (Å²) in [6.45, 7) is 0.698. The quantitative estimate of drug-likeness (QED) is 0.0956. The minimum absolute atomic E-state index is 0. The monoisotopic (exact) mass is 1040 g/mol. The number of para-hydroxylation sites is 3. The Bertz CT molecular complexity index is 3260. The molecule has 0 saturated carbocycles. The molecule has 11 rings (SSSR count). The summed E-state index contributed by atoms with van der Waals surface area (Å²) in [6.07, 6.45) is 3.44. The molecule has 10 aromatic rings. The summed E-state index contributed by atoms with van der Waals surface area (Å²) in [5, 5.41) is 6.68. The van der Waals surface area contributed by atoms with E-state index in [1.807, 2.05) is 54.6 Å². The Morgan fingerprint density at radius 3 is 1.48 bits per heavy atom. The Hall–Kier alpha value is -7.76. The Labute approximate surface area is 404 Å².